The maximum absolute atomic E-state index is 6.14. The fourth-order valence-corrected chi connectivity index (χ4v) is 3.08. The third kappa shape index (κ3) is 3.99. The number of thiophene rings is 1. The van der Waals surface area contributed by atoms with E-state index in [-0.39, 0.29) is 6.04 Å². The lowest BCUT2D eigenvalue weighted by Crippen LogP contribution is -2.21. The molecule has 0 fully saturated rings. The molecule has 4 heteroatoms. The van der Waals surface area contributed by atoms with Crippen molar-refractivity contribution < 1.29 is 0 Å². The number of rotatable bonds is 6. The molecule has 1 aromatic rings. The average Bonchev–Trinajstić information content (AvgIpc) is 2.58. The van der Waals surface area contributed by atoms with E-state index in [4.69, 9.17) is 29.6 Å². The van der Waals surface area contributed by atoms with E-state index in [1.807, 2.05) is 6.07 Å². The molecule has 0 aliphatic carbocycles. The van der Waals surface area contributed by atoms with E-state index in [9.17, 15) is 0 Å². The maximum atomic E-state index is 6.14. The van der Waals surface area contributed by atoms with Crippen molar-refractivity contribution in [2.75, 3.05) is 6.54 Å². The molecule has 1 unspecified atom stereocenters. The van der Waals surface area contributed by atoms with Gasteiger partial charge in [-0.05, 0) is 25.5 Å². The topological polar surface area (TPSA) is 12.0 Å². The van der Waals surface area contributed by atoms with Crippen LogP contribution >= 0.6 is 34.5 Å². The molecule has 0 bridgehead atoms. The summed E-state index contributed by atoms with van der Waals surface area (Å²) < 4.78 is 1.49. The number of halogens is 2. The third-order valence-corrected chi connectivity index (χ3v) is 3.79. The van der Waals surface area contributed by atoms with Gasteiger partial charge in [-0.1, -0.05) is 30.1 Å². The summed E-state index contributed by atoms with van der Waals surface area (Å²) >= 11 is 13.5. The standard InChI is InChI=1S/C12H15Cl2NS/c1-3-5-6-10(15-7-4-2)9-8-11(13)16-12(9)14/h1,8,10,15H,4-7H2,2H3. The number of nitrogens with one attached hydrogen (secondary N) is 1. The first kappa shape index (κ1) is 13.9. The van der Waals surface area contributed by atoms with E-state index < -0.39 is 0 Å². The summed E-state index contributed by atoms with van der Waals surface area (Å²) in [5.74, 6) is 2.66. The maximum Gasteiger partial charge on any atom is 0.0991 e. The molecule has 0 saturated heterocycles. The van der Waals surface area contributed by atoms with E-state index in [2.05, 4.69) is 18.2 Å². The smallest absolute Gasteiger partial charge is 0.0991 e. The number of hydrogen-bond acceptors (Lipinski definition) is 2. The molecule has 0 spiro atoms. The van der Waals surface area contributed by atoms with E-state index in [1.54, 1.807) is 0 Å². The van der Waals surface area contributed by atoms with Crippen molar-refractivity contribution in [2.24, 2.45) is 0 Å². The summed E-state index contributed by atoms with van der Waals surface area (Å²) in [5, 5.41) is 3.44. The Balaban J connectivity index is 2.74. The van der Waals surface area contributed by atoms with Crippen LogP contribution in [0.15, 0.2) is 6.07 Å². The summed E-state index contributed by atoms with van der Waals surface area (Å²) in [6, 6.07) is 2.14. The molecule has 1 nitrogen and oxygen atoms in total. The van der Waals surface area contributed by atoms with Crippen LogP contribution in [0.2, 0.25) is 8.67 Å². The number of terminal acetylenes is 1. The molecule has 1 aromatic heterocycles. The molecule has 0 aliphatic rings. The van der Waals surface area contributed by atoms with Crippen molar-refractivity contribution >= 4 is 34.5 Å². The first-order valence-electron chi connectivity index (χ1n) is 5.30. The molecule has 16 heavy (non-hydrogen) atoms. The molecule has 1 atom stereocenters. The van der Waals surface area contributed by atoms with Crippen molar-refractivity contribution in [1.29, 1.82) is 0 Å². The SMILES string of the molecule is C#CCCC(NCCC)c1cc(Cl)sc1Cl. The molecular formula is C12H15Cl2NS. The van der Waals surface area contributed by atoms with Crippen LogP contribution in [0, 0.1) is 12.3 Å². The predicted molar refractivity (Wildman–Crippen MR) is 73.4 cm³/mol. The third-order valence-electron chi connectivity index (χ3n) is 2.28. The Kier molecular flexibility index (Phi) is 6.23. The Morgan fingerprint density at radius 1 is 1.56 bits per heavy atom. The van der Waals surface area contributed by atoms with Crippen molar-refractivity contribution in [3.05, 3.63) is 20.3 Å². The van der Waals surface area contributed by atoms with Gasteiger partial charge in [0.05, 0.1) is 8.67 Å². The zero-order valence-electron chi connectivity index (χ0n) is 9.22. The Bertz CT molecular complexity index is 368. The molecular weight excluding hydrogens is 261 g/mol. The van der Waals surface area contributed by atoms with Crippen molar-refractivity contribution in [3.63, 3.8) is 0 Å². The molecule has 0 amide bonds. The van der Waals surface area contributed by atoms with Crippen LogP contribution in [0.1, 0.15) is 37.8 Å². The minimum absolute atomic E-state index is 0.215. The molecule has 0 radical (unpaired) electrons. The van der Waals surface area contributed by atoms with Crippen molar-refractivity contribution in [3.8, 4) is 12.3 Å². The summed E-state index contributed by atoms with van der Waals surface area (Å²) in [6.45, 7) is 3.09. The van der Waals surface area contributed by atoms with Crippen LogP contribution in [-0.4, -0.2) is 6.54 Å². The molecule has 0 aliphatic heterocycles. The first-order valence-corrected chi connectivity index (χ1v) is 6.87. The fraction of sp³-hybridized carbons (Fsp3) is 0.500. The Morgan fingerprint density at radius 2 is 2.31 bits per heavy atom. The van der Waals surface area contributed by atoms with Crippen LogP contribution in [0.4, 0.5) is 0 Å². The number of hydrogen-bond donors (Lipinski definition) is 1. The van der Waals surface area contributed by atoms with Gasteiger partial charge in [0, 0.05) is 18.0 Å². The summed E-state index contributed by atoms with van der Waals surface area (Å²) in [6.07, 6.45) is 8.01. The predicted octanol–water partition coefficient (Wildman–Crippen LogP) is 4.51. The van der Waals surface area contributed by atoms with Crippen molar-refractivity contribution in [2.45, 2.75) is 32.2 Å². The van der Waals surface area contributed by atoms with E-state index in [0.717, 1.165) is 40.0 Å². The zero-order valence-corrected chi connectivity index (χ0v) is 11.6. The first-order chi connectivity index (χ1) is 7.69. The lowest BCUT2D eigenvalue weighted by molar-refractivity contribution is 0.507. The molecule has 0 saturated carbocycles. The van der Waals surface area contributed by atoms with Gasteiger partial charge in [-0.2, -0.15) is 0 Å². The van der Waals surface area contributed by atoms with Crippen LogP contribution in [0.5, 0.6) is 0 Å². The van der Waals surface area contributed by atoms with Crippen LogP contribution in [-0.2, 0) is 0 Å². The Labute approximate surface area is 111 Å². The van der Waals surface area contributed by atoms with Gasteiger partial charge in [-0.3, -0.25) is 0 Å². The molecule has 1 rings (SSSR count). The van der Waals surface area contributed by atoms with Gasteiger partial charge < -0.3 is 5.32 Å². The zero-order chi connectivity index (χ0) is 12.0. The minimum Gasteiger partial charge on any atom is -0.310 e. The van der Waals surface area contributed by atoms with Crippen LogP contribution < -0.4 is 5.32 Å². The lowest BCUT2D eigenvalue weighted by atomic mass is 10.1. The highest BCUT2D eigenvalue weighted by atomic mass is 35.5. The lowest BCUT2D eigenvalue weighted by Gasteiger charge is -2.16. The van der Waals surface area contributed by atoms with E-state index in [1.165, 1.54) is 11.3 Å². The highest BCUT2D eigenvalue weighted by Gasteiger charge is 2.16. The quantitative estimate of drug-likeness (QED) is 0.754. The van der Waals surface area contributed by atoms with Gasteiger partial charge in [-0.25, -0.2) is 0 Å². The molecule has 88 valence electrons. The fourth-order valence-electron chi connectivity index (χ4n) is 1.50. The van der Waals surface area contributed by atoms with Gasteiger partial charge in [0.1, 0.15) is 0 Å². The Morgan fingerprint density at radius 3 is 2.81 bits per heavy atom. The largest absolute Gasteiger partial charge is 0.310 e. The second-order valence-corrected chi connectivity index (χ2v) is 5.81. The van der Waals surface area contributed by atoms with Gasteiger partial charge >= 0.3 is 0 Å². The average molecular weight is 276 g/mol. The Hall–Kier alpha value is -0.200. The minimum atomic E-state index is 0.215. The molecule has 1 heterocycles. The van der Waals surface area contributed by atoms with Gasteiger partial charge in [0.2, 0.25) is 0 Å². The second kappa shape index (κ2) is 7.19. The molecule has 0 aromatic carbocycles. The van der Waals surface area contributed by atoms with Crippen LogP contribution in [0.25, 0.3) is 0 Å². The highest BCUT2D eigenvalue weighted by molar-refractivity contribution is 7.20. The van der Waals surface area contributed by atoms with E-state index in [0.29, 0.717) is 0 Å². The van der Waals surface area contributed by atoms with Gasteiger partial charge in [-0.15, -0.1) is 23.7 Å². The highest BCUT2D eigenvalue weighted by Crippen LogP contribution is 2.36. The van der Waals surface area contributed by atoms with Crippen molar-refractivity contribution in [1.82, 2.24) is 5.32 Å². The second-order valence-electron chi connectivity index (χ2n) is 3.53. The summed E-state index contributed by atoms with van der Waals surface area (Å²) in [4.78, 5) is 0. The monoisotopic (exact) mass is 275 g/mol. The molecule has 1 N–H and O–H groups in total. The van der Waals surface area contributed by atoms with Gasteiger partial charge in [0.25, 0.3) is 0 Å². The van der Waals surface area contributed by atoms with E-state index >= 15 is 0 Å². The van der Waals surface area contributed by atoms with Crippen LogP contribution in [0.3, 0.4) is 0 Å². The normalized spacial score (nSPS) is 12.4. The van der Waals surface area contributed by atoms with Gasteiger partial charge in [0.15, 0.2) is 0 Å². The summed E-state index contributed by atoms with van der Waals surface area (Å²) in [5.41, 5.74) is 1.07. The summed E-state index contributed by atoms with van der Waals surface area (Å²) in [7, 11) is 0.